The minimum atomic E-state index is -0.198. The number of aromatic nitrogens is 4. The quantitative estimate of drug-likeness (QED) is 0.121. The summed E-state index contributed by atoms with van der Waals surface area (Å²) in [6.07, 6.45) is 7.06. The van der Waals surface area contributed by atoms with E-state index in [1.54, 1.807) is 68.9 Å². The molecule has 310 valence electrons. The van der Waals surface area contributed by atoms with Gasteiger partial charge >= 0.3 is 0 Å². The van der Waals surface area contributed by atoms with Crippen molar-refractivity contribution in [2.75, 3.05) is 55.0 Å². The summed E-state index contributed by atoms with van der Waals surface area (Å²) in [6.45, 7) is 5.92. The third kappa shape index (κ3) is 7.93. The smallest absolute Gasteiger partial charge is 0.255 e. The van der Waals surface area contributed by atoms with Gasteiger partial charge in [0.1, 0.15) is 51.8 Å². The Kier molecular flexibility index (Phi) is 11.1. The number of hydrogen-bond donors (Lipinski definition) is 0. The number of hydrogen-bond acceptors (Lipinski definition) is 13. The lowest BCUT2D eigenvalue weighted by Crippen LogP contribution is -2.42. The maximum absolute atomic E-state index is 13.6. The number of nitriles is 1. The van der Waals surface area contributed by atoms with E-state index < -0.39 is 0 Å². The molecule has 1 fully saturated rings. The van der Waals surface area contributed by atoms with Gasteiger partial charge in [-0.2, -0.15) is 5.26 Å². The fourth-order valence-electron chi connectivity index (χ4n) is 7.66. The minimum Gasteiger partial charge on any atom is -0.494 e. The molecule has 15 heteroatoms. The summed E-state index contributed by atoms with van der Waals surface area (Å²) in [5, 5.41) is 10.2. The van der Waals surface area contributed by atoms with Crippen LogP contribution in [-0.4, -0.2) is 114 Å². The number of fused-ring (bicyclic) bond motifs is 2. The highest BCUT2D eigenvalue weighted by Gasteiger charge is 2.30. The fraction of sp³-hybridized carbons (Fsp3) is 0.283. The molecule has 15 nitrogen and oxygen atoms in total. The Hall–Kier alpha value is -7.31. The first kappa shape index (κ1) is 40.5. The first-order chi connectivity index (χ1) is 29.5. The zero-order chi connectivity index (χ0) is 42.9. The average molecular weight is 821 g/mol. The SMILES string of the molecule is COc1cc(C(=O)N(C)CC(C)N2CCC(Oc3ccc(-c4ccnc5cc(-c6ncc(C(=O)N(C)C)cc6OC)oc45)cc3C#N)C2)cnc1-c1cc2nccc(C)c2o1. The highest BCUT2D eigenvalue weighted by atomic mass is 16.5. The molecule has 7 heterocycles. The van der Waals surface area contributed by atoms with Crippen LogP contribution in [0.5, 0.6) is 17.2 Å². The first-order valence-corrected chi connectivity index (χ1v) is 19.7. The molecule has 2 amide bonds. The van der Waals surface area contributed by atoms with Gasteiger partial charge in [-0.15, -0.1) is 0 Å². The van der Waals surface area contributed by atoms with Crippen LogP contribution in [0.1, 0.15) is 45.2 Å². The molecule has 2 atom stereocenters. The number of likely N-dealkylation sites (tertiary alicyclic amines) is 1. The number of methoxy groups -OCH3 is 2. The Morgan fingerprint density at radius 2 is 1.46 bits per heavy atom. The van der Waals surface area contributed by atoms with Gasteiger partial charge in [-0.05, 0) is 67.8 Å². The van der Waals surface area contributed by atoms with Gasteiger partial charge in [-0.1, -0.05) is 6.07 Å². The average Bonchev–Trinajstić information content (AvgIpc) is 4.05. The van der Waals surface area contributed by atoms with Gasteiger partial charge in [0.25, 0.3) is 11.8 Å². The van der Waals surface area contributed by atoms with Crippen LogP contribution < -0.4 is 14.2 Å². The number of aryl methyl sites for hydroxylation is 1. The number of amides is 2. The topological polar surface area (TPSA) is 173 Å². The predicted octanol–water partition coefficient (Wildman–Crippen LogP) is 7.27. The summed E-state index contributed by atoms with van der Waals surface area (Å²) in [6, 6.07) is 18.5. The van der Waals surface area contributed by atoms with Crippen molar-refractivity contribution in [3.05, 3.63) is 102 Å². The van der Waals surface area contributed by atoms with Crippen molar-refractivity contribution in [3.8, 4) is 57.4 Å². The summed E-state index contributed by atoms with van der Waals surface area (Å²) in [5.74, 6) is 1.85. The number of rotatable bonds is 12. The second-order valence-electron chi connectivity index (χ2n) is 15.3. The third-order valence-corrected chi connectivity index (χ3v) is 10.9. The van der Waals surface area contributed by atoms with Crippen molar-refractivity contribution in [1.29, 1.82) is 5.26 Å². The van der Waals surface area contributed by atoms with Crippen molar-refractivity contribution in [2.24, 2.45) is 0 Å². The van der Waals surface area contributed by atoms with Crippen molar-refractivity contribution < 1.29 is 32.6 Å². The zero-order valence-electron chi connectivity index (χ0n) is 34.9. The molecule has 61 heavy (non-hydrogen) atoms. The lowest BCUT2D eigenvalue weighted by molar-refractivity contribution is 0.0744. The minimum absolute atomic E-state index is 0.0294. The molecule has 1 aliphatic rings. The molecular formula is C46H44N8O7. The molecule has 2 unspecified atom stereocenters. The van der Waals surface area contributed by atoms with Gasteiger partial charge in [0.2, 0.25) is 0 Å². The van der Waals surface area contributed by atoms with Crippen LogP contribution in [0.3, 0.4) is 0 Å². The number of carbonyl (C=O) groups is 2. The summed E-state index contributed by atoms with van der Waals surface area (Å²) in [5.41, 5.74) is 7.06. The summed E-state index contributed by atoms with van der Waals surface area (Å²) >= 11 is 0. The molecule has 1 aromatic carbocycles. The first-order valence-electron chi connectivity index (χ1n) is 19.7. The second-order valence-corrected chi connectivity index (χ2v) is 15.3. The maximum atomic E-state index is 13.6. The van der Waals surface area contributed by atoms with Crippen LogP contribution in [0, 0.1) is 18.3 Å². The van der Waals surface area contributed by atoms with Crippen LogP contribution >= 0.6 is 0 Å². The van der Waals surface area contributed by atoms with E-state index in [0.717, 1.165) is 35.2 Å². The third-order valence-electron chi connectivity index (χ3n) is 10.9. The van der Waals surface area contributed by atoms with Crippen LogP contribution in [0.4, 0.5) is 0 Å². The lowest BCUT2D eigenvalue weighted by atomic mass is 10.0. The molecule has 7 aromatic rings. The van der Waals surface area contributed by atoms with Crippen molar-refractivity contribution in [1.82, 2.24) is 34.6 Å². The molecule has 1 saturated heterocycles. The maximum Gasteiger partial charge on any atom is 0.255 e. The van der Waals surface area contributed by atoms with E-state index in [0.29, 0.717) is 86.6 Å². The van der Waals surface area contributed by atoms with Crippen molar-refractivity contribution in [2.45, 2.75) is 32.4 Å². The summed E-state index contributed by atoms with van der Waals surface area (Å²) in [7, 11) is 8.17. The Labute approximate surface area is 352 Å². The van der Waals surface area contributed by atoms with E-state index in [1.807, 2.05) is 37.3 Å². The summed E-state index contributed by atoms with van der Waals surface area (Å²) in [4.78, 5) is 49.5. The lowest BCUT2D eigenvalue weighted by Gasteiger charge is -2.29. The molecule has 6 aromatic heterocycles. The highest BCUT2D eigenvalue weighted by Crippen LogP contribution is 2.38. The second kappa shape index (κ2) is 16.7. The molecular weight excluding hydrogens is 777 g/mol. The standard InChI is InChI=1S/C46H44N8O7/c1-26-10-13-48-34-19-39(60-43(26)34)41-38(58-7)18-31(23-51-41)46(56)53(5)24-27(2)54-15-12-32(25-54)59-36-9-8-28(16-29(36)21-47)33-11-14-49-35-20-40(61-44(33)35)42-37(57-6)17-30(22-50-42)45(55)52(3)4/h8-11,13-14,16-20,22-23,27,32H,12,15,24-25H2,1-7H3. The molecule has 0 aliphatic carbocycles. The number of likely N-dealkylation sites (N-methyl/N-ethyl adjacent to an activating group) is 1. The van der Waals surface area contributed by atoms with Gasteiger partial charge in [0.05, 0.1) is 30.9 Å². The van der Waals surface area contributed by atoms with E-state index in [-0.39, 0.29) is 24.0 Å². The van der Waals surface area contributed by atoms with Gasteiger partial charge in [0.15, 0.2) is 22.7 Å². The molecule has 0 radical (unpaired) electrons. The molecule has 0 saturated carbocycles. The number of carbonyl (C=O) groups excluding carboxylic acids is 2. The Balaban J connectivity index is 0.921. The molecule has 0 bridgehead atoms. The number of nitrogens with zero attached hydrogens (tertiary/aromatic N) is 8. The molecule has 0 spiro atoms. The van der Waals surface area contributed by atoms with Crippen molar-refractivity contribution >= 4 is 34.0 Å². The molecule has 8 rings (SSSR count). The highest BCUT2D eigenvalue weighted by molar-refractivity contribution is 5.96. The number of pyridine rings is 4. The van der Waals surface area contributed by atoms with Crippen LogP contribution in [0.15, 0.2) is 88.2 Å². The number of furan rings is 2. The van der Waals surface area contributed by atoms with E-state index in [4.69, 9.17) is 23.0 Å². The molecule has 0 N–H and O–H groups in total. The van der Waals surface area contributed by atoms with E-state index >= 15 is 0 Å². The van der Waals surface area contributed by atoms with E-state index in [9.17, 15) is 14.9 Å². The fourth-order valence-corrected chi connectivity index (χ4v) is 7.66. The van der Waals surface area contributed by atoms with E-state index in [2.05, 4.69) is 37.8 Å². The van der Waals surface area contributed by atoms with Crippen molar-refractivity contribution in [3.63, 3.8) is 0 Å². The summed E-state index contributed by atoms with van der Waals surface area (Å²) < 4.78 is 30.1. The van der Waals surface area contributed by atoms with Gasteiger partial charge in [-0.25, -0.2) is 9.97 Å². The number of benzene rings is 1. The largest absolute Gasteiger partial charge is 0.494 e. The Morgan fingerprint density at radius 1 is 0.836 bits per heavy atom. The molecule has 1 aliphatic heterocycles. The van der Waals surface area contributed by atoms with Gasteiger partial charge < -0.3 is 32.8 Å². The Morgan fingerprint density at radius 3 is 2.08 bits per heavy atom. The number of ether oxygens (including phenoxy) is 3. The zero-order valence-corrected chi connectivity index (χ0v) is 34.9. The predicted molar refractivity (Wildman–Crippen MR) is 228 cm³/mol. The van der Waals surface area contributed by atoms with Gasteiger partial charge in [-0.3, -0.25) is 24.5 Å². The van der Waals surface area contributed by atoms with Crippen LogP contribution in [-0.2, 0) is 0 Å². The Bertz CT molecular complexity index is 2840. The van der Waals surface area contributed by atoms with Crippen LogP contribution in [0.25, 0.3) is 56.2 Å². The van der Waals surface area contributed by atoms with Gasteiger partial charge in [0, 0.05) is 89.3 Å². The monoisotopic (exact) mass is 820 g/mol. The van der Waals surface area contributed by atoms with E-state index in [1.165, 1.54) is 25.3 Å². The normalized spacial score (nSPS) is 14.5. The van der Waals surface area contributed by atoms with Crippen LogP contribution in [0.2, 0.25) is 0 Å².